The number of amides is 1. The molecule has 0 radical (unpaired) electrons. The van der Waals surface area contributed by atoms with E-state index in [4.69, 9.17) is 9.15 Å². The minimum atomic E-state index is -6.66. The van der Waals surface area contributed by atoms with Crippen LogP contribution in [0.25, 0.3) is 0 Å². The van der Waals surface area contributed by atoms with Gasteiger partial charge in [-0.15, -0.1) is 0 Å². The SMILES string of the molecule is Cc1ccc(OC(=O)c2oc3c(c2C)/C(=N/NC(=O)C(F)(F)C(F)(F)C(F)(F)F)CCC3)cc1. The number of nitrogens with zero attached hydrogens (tertiary/aromatic N) is 1. The standard InChI is InChI=1S/C21H17F7N2O4/c1-10-6-8-12(9-7-10)33-17(31)16-11(2)15-13(4-3-5-14(15)34-16)29-30-18(32)19(22,23)20(24,25)21(26,27)28/h6-9H,3-5H2,1-2H3,(H,30,32)/b29-13+. The van der Waals surface area contributed by atoms with Crippen molar-refractivity contribution in [3.63, 3.8) is 0 Å². The summed E-state index contributed by atoms with van der Waals surface area (Å²) in [6, 6.07) is 6.50. The first-order chi connectivity index (χ1) is 15.7. The Labute approximate surface area is 187 Å². The Morgan fingerprint density at radius 3 is 2.21 bits per heavy atom. The number of nitrogens with one attached hydrogen (secondary N) is 1. The van der Waals surface area contributed by atoms with Crippen LogP contribution in [0.2, 0.25) is 0 Å². The Kier molecular flexibility index (Phi) is 6.51. The largest absolute Gasteiger partial charge is 0.460 e. The molecule has 1 aliphatic rings. The zero-order valence-corrected chi connectivity index (χ0v) is 17.7. The lowest BCUT2D eigenvalue weighted by molar-refractivity contribution is -0.344. The molecule has 1 aromatic carbocycles. The Balaban J connectivity index is 1.85. The lowest BCUT2D eigenvalue weighted by Crippen LogP contribution is -2.58. The number of halogens is 7. The van der Waals surface area contributed by atoms with Gasteiger partial charge in [0.1, 0.15) is 11.5 Å². The van der Waals surface area contributed by atoms with Crippen LogP contribution in [0, 0.1) is 13.8 Å². The molecule has 1 heterocycles. The number of carbonyl (C=O) groups excluding carboxylic acids is 2. The van der Waals surface area contributed by atoms with Gasteiger partial charge in [0.25, 0.3) is 0 Å². The van der Waals surface area contributed by atoms with Crippen LogP contribution in [-0.4, -0.2) is 35.6 Å². The van der Waals surface area contributed by atoms with E-state index in [0.29, 0.717) is 12.8 Å². The third kappa shape index (κ3) is 4.50. The van der Waals surface area contributed by atoms with Crippen molar-refractivity contribution >= 4 is 17.6 Å². The van der Waals surface area contributed by atoms with E-state index in [0.717, 1.165) is 11.0 Å². The molecule has 0 fully saturated rings. The lowest BCUT2D eigenvalue weighted by Gasteiger charge is -2.26. The summed E-state index contributed by atoms with van der Waals surface area (Å²) >= 11 is 0. The lowest BCUT2D eigenvalue weighted by atomic mass is 9.93. The van der Waals surface area contributed by atoms with Gasteiger partial charge in [0.05, 0.1) is 5.71 Å². The predicted molar refractivity (Wildman–Crippen MR) is 103 cm³/mol. The fourth-order valence-electron chi connectivity index (χ4n) is 3.24. The number of furan rings is 1. The number of ether oxygens (including phenoxy) is 1. The Morgan fingerprint density at radius 1 is 1.00 bits per heavy atom. The maximum atomic E-state index is 13.5. The first-order valence-electron chi connectivity index (χ1n) is 9.77. The molecule has 13 heteroatoms. The van der Waals surface area contributed by atoms with Crippen molar-refractivity contribution in [2.45, 2.75) is 51.1 Å². The minimum Gasteiger partial charge on any atom is -0.453 e. The average Bonchev–Trinajstić information content (AvgIpc) is 3.10. The van der Waals surface area contributed by atoms with Crippen molar-refractivity contribution in [2.75, 3.05) is 0 Å². The van der Waals surface area contributed by atoms with E-state index < -0.39 is 29.9 Å². The van der Waals surface area contributed by atoms with E-state index in [2.05, 4.69) is 5.10 Å². The summed E-state index contributed by atoms with van der Waals surface area (Å²) in [5, 5.41) is 3.34. The molecule has 2 aromatic rings. The van der Waals surface area contributed by atoms with Gasteiger partial charge in [-0.05, 0) is 38.8 Å². The van der Waals surface area contributed by atoms with Crippen molar-refractivity contribution in [1.29, 1.82) is 0 Å². The van der Waals surface area contributed by atoms with Crippen LogP contribution in [-0.2, 0) is 11.2 Å². The smallest absolute Gasteiger partial charge is 0.453 e. The molecule has 0 saturated carbocycles. The number of alkyl halides is 7. The van der Waals surface area contributed by atoms with Crippen LogP contribution in [0.3, 0.4) is 0 Å². The van der Waals surface area contributed by atoms with Crippen molar-refractivity contribution in [3.05, 3.63) is 52.5 Å². The highest BCUT2D eigenvalue weighted by molar-refractivity contribution is 6.06. The quantitative estimate of drug-likeness (QED) is 0.271. The topological polar surface area (TPSA) is 80.9 Å². The summed E-state index contributed by atoms with van der Waals surface area (Å²) in [4.78, 5) is 24.0. The van der Waals surface area contributed by atoms with Crippen molar-refractivity contribution < 1.29 is 49.5 Å². The molecule has 1 aliphatic carbocycles. The van der Waals surface area contributed by atoms with Gasteiger partial charge in [-0.3, -0.25) is 4.79 Å². The molecule has 1 N–H and O–H groups in total. The maximum Gasteiger partial charge on any atom is 0.460 e. The second kappa shape index (κ2) is 8.76. The van der Waals surface area contributed by atoms with Crippen LogP contribution in [0.5, 0.6) is 5.75 Å². The molecule has 0 aliphatic heterocycles. The highest BCUT2D eigenvalue weighted by Gasteiger charge is 2.76. The Morgan fingerprint density at radius 2 is 1.62 bits per heavy atom. The van der Waals surface area contributed by atoms with Crippen molar-refractivity contribution in [2.24, 2.45) is 5.10 Å². The number of fused-ring (bicyclic) bond motifs is 1. The molecular formula is C21H17F7N2O4. The fraction of sp³-hybridized carbons (Fsp3) is 0.381. The monoisotopic (exact) mass is 494 g/mol. The zero-order chi connectivity index (χ0) is 25.5. The second-order valence-corrected chi connectivity index (χ2v) is 7.56. The van der Waals surface area contributed by atoms with E-state index in [1.807, 2.05) is 6.92 Å². The Bertz CT molecular complexity index is 1140. The number of hydrogen-bond donors (Lipinski definition) is 1. The molecule has 0 spiro atoms. The zero-order valence-electron chi connectivity index (χ0n) is 17.7. The average molecular weight is 494 g/mol. The number of carbonyl (C=O) groups is 2. The van der Waals surface area contributed by atoms with Crippen LogP contribution in [0.1, 0.15) is 45.8 Å². The van der Waals surface area contributed by atoms with E-state index in [1.165, 1.54) is 6.92 Å². The summed E-state index contributed by atoms with van der Waals surface area (Å²) in [5.74, 6) is -16.4. The van der Waals surface area contributed by atoms with Gasteiger partial charge in [0.15, 0.2) is 0 Å². The van der Waals surface area contributed by atoms with E-state index in [9.17, 15) is 40.3 Å². The van der Waals surface area contributed by atoms with Crippen LogP contribution < -0.4 is 10.2 Å². The molecule has 34 heavy (non-hydrogen) atoms. The van der Waals surface area contributed by atoms with Crippen LogP contribution >= 0.6 is 0 Å². The first-order valence-corrected chi connectivity index (χ1v) is 9.77. The third-order valence-electron chi connectivity index (χ3n) is 5.07. The van der Waals surface area contributed by atoms with Gasteiger partial charge in [-0.1, -0.05) is 17.7 Å². The fourth-order valence-corrected chi connectivity index (χ4v) is 3.24. The molecule has 0 atom stereocenters. The van der Waals surface area contributed by atoms with Gasteiger partial charge in [-0.25, -0.2) is 10.2 Å². The molecular weight excluding hydrogens is 477 g/mol. The molecule has 3 rings (SSSR count). The molecule has 1 amide bonds. The van der Waals surface area contributed by atoms with Gasteiger partial charge in [-0.2, -0.15) is 35.8 Å². The van der Waals surface area contributed by atoms with Crippen molar-refractivity contribution in [1.82, 2.24) is 5.43 Å². The highest BCUT2D eigenvalue weighted by Crippen LogP contribution is 2.46. The molecule has 1 aromatic heterocycles. The number of hydrazone groups is 1. The van der Waals surface area contributed by atoms with E-state index in [1.54, 1.807) is 24.3 Å². The number of esters is 1. The summed E-state index contributed by atoms with van der Waals surface area (Å²) in [7, 11) is 0. The Hall–Kier alpha value is -3.38. The van der Waals surface area contributed by atoms with Crippen LogP contribution in [0.15, 0.2) is 33.8 Å². The van der Waals surface area contributed by atoms with Gasteiger partial charge in [0.2, 0.25) is 5.76 Å². The summed E-state index contributed by atoms with van der Waals surface area (Å²) in [5.41, 5.74) is 2.20. The summed E-state index contributed by atoms with van der Waals surface area (Å²) in [6.07, 6.45) is -6.01. The summed E-state index contributed by atoms with van der Waals surface area (Å²) in [6.45, 7) is 3.25. The second-order valence-electron chi connectivity index (χ2n) is 7.56. The summed E-state index contributed by atoms with van der Waals surface area (Å²) < 4.78 is 101. The normalized spacial score (nSPS) is 15.7. The van der Waals surface area contributed by atoms with Crippen molar-refractivity contribution in [3.8, 4) is 5.75 Å². The molecule has 0 saturated heterocycles. The van der Waals surface area contributed by atoms with Gasteiger partial charge >= 0.3 is 29.9 Å². The maximum absolute atomic E-state index is 13.5. The minimum absolute atomic E-state index is 0.0430. The highest BCUT2D eigenvalue weighted by atomic mass is 19.4. The number of benzene rings is 1. The van der Waals surface area contributed by atoms with Crippen LogP contribution in [0.4, 0.5) is 30.7 Å². The van der Waals surface area contributed by atoms with E-state index >= 15 is 0 Å². The molecule has 0 unspecified atom stereocenters. The molecule has 184 valence electrons. The first kappa shape index (κ1) is 25.2. The van der Waals surface area contributed by atoms with Gasteiger partial charge in [0, 0.05) is 17.5 Å². The van der Waals surface area contributed by atoms with E-state index in [-0.39, 0.29) is 40.5 Å². The third-order valence-corrected chi connectivity index (χ3v) is 5.07. The number of hydrogen-bond acceptors (Lipinski definition) is 5. The van der Waals surface area contributed by atoms with Gasteiger partial charge < -0.3 is 9.15 Å². The predicted octanol–water partition coefficient (Wildman–Crippen LogP) is 5.11. The molecule has 0 bridgehead atoms. The number of rotatable bonds is 5. The molecule has 6 nitrogen and oxygen atoms in total. The number of aryl methyl sites for hydroxylation is 2.